The van der Waals surface area contributed by atoms with Crippen molar-refractivity contribution in [3.05, 3.63) is 45.3 Å². The second-order valence-corrected chi connectivity index (χ2v) is 12.0. The summed E-state index contributed by atoms with van der Waals surface area (Å²) < 4.78 is 32.9. The Kier molecular flexibility index (Phi) is 6.93. The SMILES string of the molecule is COC(=O)c1c(NC(=O)c2cc(S(=O)(=O)N3CCC(C)CC3)ccc2C)sc2c1CCCC2. The van der Waals surface area contributed by atoms with Gasteiger partial charge in [-0.05, 0) is 74.6 Å². The third-order valence-corrected chi connectivity index (χ3v) is 9.72. The first-order valence-electron chi connectivity index (χ1n) is 11.4. The number of carbonyl (C=O) groups is 2. The molecule has 0 unspecified atom stereocenters. The van der Waals surface area contributed by atoms with E-state index in [-0.39, 0.29) is 10.5 Å². The van der Waals surface area contributed by atoms with Crippen LogP contribution in [0.5, 0.6) is 0 Å². The van der Waals surface area contributed by atoms with Gasteiger partial charge in [-0.1, -0.05) is 13.0 Å². The summed E-state index contributed by atoms with van der Waals surface area (Å²) in [7, 11) is -2.34. The van der Waals surface area contributed by atoms with Crippen LogP contribution in [0.15, 0.2) is 23.1 Å². The van der Waals surface area contributed by atoms with Crippen molar-refractivity contribution < 1.29 is 22.7 Å². The number of methoxy groups -OCH3 is 1. The lowest BCUT2D eigenvalue weighted by molar-refractivity contribution is 0.0601. The minimum absolute atomic E-state index is 0.117. The lowest BCUT2D eigenvalue weighted by Crippen LogP contribution is -2.38. The molecule has 1 amide bonds. The standard InChI is InChI=1S/C24H30N2O5S2/c1-15-10-12-26(13-11-15)33(29,30)17-9-8-16(2)19(14-17)22(27)25-23-21(24(28)31-3)18-6-4-5-7-20(18)32-23/h8-9,14-15H,4-7,10-13H2,1-3H3,(H,25,27). The molecule has 1 aromatic carbocycles. The first-order valence-corrected chi connectivity index (χ1v) is 13.6. The van der Waals surface area contributed by atoms with Crippen LogP contribution in [0.3, 0.4) is 0 Å². The summed E-state index contributed by atoms with van der Waals surface area (Å²) in [5.74, 6) is -0.380. The smallest absolute Gasteiger partial charge is 0.341 e. The van der Waals surface area contributed by atoms with Crippen LogP contribution in [0.25, 0.3) is 0 Å². The highest BCUT2D eigenvalue weighted by molar-refractivity contribution is 7.89. The number of benzene rings is 1. The number of ether oxygens (including phenoxy) is 1. The summed E-state index contributed by atoms with van der Waals surface area (Å²) in [6.07, 6.45) is 5.37. The number of thiophene rings is 1. The fourth-order valence-corrected chi connectivity index (χ4v) is 7.29. The van der Waals surface area contributed by atoms with Gasteiger partial charge in [0.1, 0.15) is 5.00 Å². The summed E-state index contributed by atoms with van der Waals surface area (Å²) >= 11 is 1.41. The van der Waals surface area contributed by atoms with E-state index in [1.54, 1.807) is 19.1 Å². The second-order valence-electron chi connectivity index (χ2n) is 8.92. The van der Waals surface area contributed by atoms with Crippen molar-refractivity contribution in [3.8, 4) is 0 Å². The predicted octanol–water partition coefficient (Wildman–Crippen LogP) is 4.39. The van der Waals surface area contributed by atoms with Crippen molar-refractivity contribution in [2.75, 3.05) is 25.5 Å². The van der Waals surface area contributed by atoms with Gasteiger partial charge in [0.05, 0.1) is 17.6 Å². The number of piperidine rings is 1. The van der Waals surface area contributed by atoms with E-state index in [2.05, 4.69) is 12.2 Å². The predicted molar refractivity (Wildman–Crippen MR) is 129 cm³/mol. The number of amides is 1. The van der Waals surface area contributed by atoms with Crippen LogP contribution in [0, 0.1) is 12.8 Å². The van der Waals surface area contributed by atoms with Gasteiger partial charge in [0.25, 0.3) is 5.91 Å². The van der Waals surface area contributed by atoms with Gasteiger partial charge in [-0.3, -0.25) is 4.79 Å². The van der Waals surface area contributed by atoms with Gasteiger partial charge in [-0.25, -0.2) is 13.2 Å². The average Bonchev–Trinajstić information content (AvgIpc) is 3.16. The lowest BCUT2D eigenvalue weighted by Gasteiger charge is -2.29. The number of nitrogens with one attached hydrogen (secondary N) is 1. The topological polar surface area (TPSA) is 92.8 Å². The van der Waals surface area contributed by atoms with E-state index in [1.807, 2.05) is 0 Å². The Bertz CT molecular complexity index is 1180. The molecular formula is C24H30N2O5S2. The molecule has 0 saturated carbocycles. The zero-order valence-electron chi connectivity index (χ0n) is 19.3. The Labute approximate surface area is 199 Å². The van der Waals surface area contributed by atoms with Crippen molar-refractivity contribution >= 4 is 38.2 Å². The second kappa shape index (κ2) is 9.56. The maximum Gasteiger partial charge on any atom is 0.341 e. The quantitative estimate of drug-likeness (QED) is 0.628. The minimum Gasteiger partial charge on any atom is -0.465 e. The van der Waals surface area contributed by atoms with Gasteiger partial charge in [-0.2, -0.15) is 4.31 Å². The number of hydrogen-bond donors (Lipinski definition) is 1. The van der Waals surface area contributed by atoms with Crippen LogP contribution >= 0.6 is 11.3 Å². The van der Waals surface area contributed by atoms with Gasteiger partial charge in [0, 0.05) is 23.5 Å². The zero-order chi connectivity index (χ0) is 23.8. The van der Waals surface area contributed by atoms with Crippen LogP contribution in [0.4, 0.5) is 5.00 Å². The molecule has 1 saturated heterocycles. The summed E-state index contributed by atoms with van der Waals surface area (Å²) in [6, 6.07) is 4.67. The summed E-state index contributed by atoms with van der Waals surface area (Å²) in [5.41, 5.74) is 2.33. The molecule has 7 nitrogen and oxygen atoms in total. The summed E-state index contributed by atoms with van der Waals surface area (Å²) in [4.78, 5) is 26.9. The van der Waals surface area contributed by atoms with Gasteiger partial charge < -0.3 is 10.1 Å². The third-order valence-electron chi connectivity index (χ3n) is 6.62. The Morgan fingerprint density at radius 1 is 1.15 bits per heavy atom. The number of nitrogens with zero attached hydrogens (tertiary/aromatic N) is 1. The summed E-state index contributed by atoms with van der Waals surface area (Å²) in [5, 5.41) is 3.34. The molecule has 2 heterocycles. The van der Waals surface area contributed by atoms with Crippen LogP contribution in [-0.4, -0.2) is 44.8 Å². The van der Waals surface area contributed by atoms with E-state index in [9.17, 15) is 18.0 Å². The molecule has 0 atom stereocenters. The number of hydrogen-bond acceptors (Lipinski definition) is 6. The van der Waals surface area contributed by atoms with Gasteiger partial charge in [0.2, 0.25) is 10.0 Å². The molecule has 2 aliphatic rings. The van der Waals surface area contributed by atoms with Gasteiger partial charge >= 0.3 is 5.97 Å². The van der Waals surface area contributed by atoms with Crippen LogP contribution in [0.2, 0.25) is 0 Å². The van der Waals surface area contributed by atoms with Crippen LogP contribution in [-0.2, 0) is 27.6 Å². The van der Waals surface area contributed by atoms with E-state index in [0.29, 0.717) is 35.1 Å². The van der Waals surface area contributed by atoms with E-state index >= 15 is 0 Å². The van der Waals surface area contributed by atoms with Crippen LogP contribution < -0.4 is 5.32 Å². The maximum absolute atomic E-state index is 13.2. The van der Waals surface area contributed by atoms with Crippen molar-refractivity contribution in [1.29, 1.82) is 0 Å². The first-order chi connectivity index (χ1) is 15.7. The minimum atomic E-state index is -3.68. The normalized spacial score (nSPS) is 17.4. The highest BCUT2D eigenvalue weighted by Crippen LogP contribution is 2.39. The summed E-state index contributed by atoms with van der Waals surface area (Å²) in [6.45, 7) is 4.88. The molecular weight excluding hydrogens is 460 g/mol. The number of anilines is 1. The molecule has 1 aliphatic heterocycles. The third kappa shape index (κ3) is 4.72. The van der Waals surface area contributed by atoms with Crippen molar-refractivity contribution in [3.63, 3.8) is 0 Å². The molecule has 2 aromatic rings. The highest BCUT2D eigenvalue weighted by Gasteiger charge is 2.30. The van der Waals surface area contributed by atoms with Crippen molar-refractivity contribution in [1.82, 2.24) is 4.31 Å². The van der Waals surface area contributed by atoms with Crippen molar-refractivity contribution in [2.24, 2.45) is 5.92 Å². The Hall–Kier alpha value is -2.23. The van der Waals surface area contributed by atoms with Gasteiger partial charge in [0.15, 0.2) is 0 Å². The van der Waals surface area contributed by atoms with Crippen LogP contribution in [0.1, 0.15) is 69.3 Å². The number of aryl methyl sites for hydroxylation is 2. The largest absolute Gasteiger partial charge is 0.465 e. The molecule has 1 fully saturated rings. The molecule has 178 valence electrons. The first kappa shape index (κ1) is 23.9. The number of rotatable bonds is 5. The molecule has 9 heteroatoms. The van der Waals surface area contributed by atoms with Gasteiger partial charge in [-0.15, -0.1) is 11.3 Å². The number of carbonyl (C=O) groups excluding carboxylic acids is 2. The van der Waals surface area contributed by atoms with E-state index in [1.165, 1.54) is 28.8 Å². The zero-order valence-corrected chi connectivity index (χ0v) is 20.9. The molecule has 1 N–H and O–H groups in total. The fourth-order valence-electron chi connectivity index (χ4n) is 4.52. The number of esters is 1. The lowest BCUT2D eigenvalue weighted by atomic mass is 9.95. The fraction of sp³-hybridized carbons (Fsp3) is 0.500. The number of sulfonamides is 1. The van der Waals surface area contributed by atoms with E-state index in [4.69, 9.17) is 4.74 Å². The molecule has 1 aliphatic carbocycles. The monoisotopic (exact) mass is 490 g/mol. The Morgan fingerprint density at radius 2 is 1.85 bits per heavy atom. The highest BCUT2D eigenvalue weighted by atomic mass is 32.2. The Balaban J connectivity index is 1.64. The molecule has 0 bridgehead atoms. The molecule has 0 radical (unpaired) electrons. The van der Waals surface area contributed by atoms with E-state index in [0.717, 1.165) is 49.0 Å². The molecule has 1 aromatic heterocycles. The number of fused-ring (bicyclic) bond motifs is 1. The maximum atomic E-state index is 13.2. The van der Waals surface area contributed by atoms with E-state index < -0.39 is 21.9 Å². The Morgan fingerprint density at radius 3 is 2.55 bits per heavy atom. The average molecular weight is 491 g/mol. The van der Waals surface area contributed by atoms with Crippen molar-refractivity contribution in [2.45, 2.75) is 57.3 Å². The molecule has 4 rings (SSSR count). The molecule has 33 heavy (non-hydrogen) atoms. The molecule has 0 spiro atoms.